The van der Waals surface area contributed by atoms with Gasteiger partial charge in [0, 0.05) is 17.8 Å². The van der Waals surface area contributed by atoms with Crippen molar-refractivity contribution in [3.63, 3.8) is 0 Å². The smallest absolute Gasteiger partial charge is 0.0571 e. The highest BCUT2D eigenvalue weighted by atomic mass is 15.3. The molecular weight excluding hydrogens is 210 g/mol. The van der Waals surface area contributed by atoms with Crippen LogP contribution in [0.5, 0.6) is 0 Å². The van der Waals surface area contributed by atoms with Gasteiger partial charge < -0.3 is 5.73 Å². The summed E-state index contributed by atoms with van der Waals surface area (Å²) in [5, 5.41) is 4.38. The van der Waals surface area contributed by atoms with Gasteiger partial charge in [-0.3, -0.25) is 4.68 Å². The topological polar surface area (TPSA) is 43.8 Å². The second-order valence-electron chi connectivity index (χ2n) is 4.47. The molecule has 1 aromatic carbocycles. The summed E-state index contributed by atoms with van der Waals surface area (Å²) in [5.74, 6) is 0. The second-order valence-corrected chi connectivity index (χ2v) is 4.47. The molecule has 3 heteroatoms. The molecule has 2 rings (SSSR count). The maximum absolute atomic E-state index is 5.57. The Labute approximate surface area is 102 Å². The van der Waals surface area contributed by atoms with E-state index in [1.165, 1.54) is 27.9 Å². The van der Waals surface area contributed by atoms with Crippen molar-refractivity contribution in [3.8, 4) is 11.1 Å². The number of aryl methyl sites for hydroxylation is 2. The largest absolute Gasteiger partial charge is 0.329 e. The second kappa shape index (κ2) is 4.72. The Hall–Kier alpha value is -1.61. The van der Waals surface area contributed by atoms with E-state index in [1.54, 1.807) is 0 Å². The molecule has 0 saturated carbocycles. The number of aromatic nitrogens is 2. The summed E-state index contributed by atoms with van der Waals surface area (Å²) < 4.78 is 1.97. The summed E-state index contributed by atoms with van der Waals surface area (Å²) in [6.07, 6.45) is 1.93. The zero-order chi connectivity index (χ0) is 12.4. The maximum Gasteiger partial charge on any atom is 0.0571 e. The van der Waals surface area contributed by atoms with Gasteiger partial charge in [-0.1, -0.05) is 23.8 Å². The van der Waals surface area contributed by atoms with Gasteiger partial charge in [0.2, 0.25) is 0 Å². The normalized spacial score (nSPS) is 10.8. The summed E-state index contributed by atoms with van der Waals surface area (Å²) >= 11 is 0. The van der Waals surface area contributed by atoms with Crippen LogP contribution < -0.4 is 5.73 Å². The van der Waals surface area contributed by atoms with Crippen molar-refractivity contribution in [2.45, 2.75) is 27.3 Å². The Morgan fingerprint density at radius 1 is 1.18 bits per heavy atom. The van der Waals surface area contributed by atoms with E-state index in [-0.39, 0.29) is 0 Å². The summed E-state index contributed by atoms with van der Waals surface area (Å²) in [5.41, 5.74) is 11.8. The molecule has 0 spiro atoms. The zero-order valence-electron chi connectivity index (χ0n) is 10.7. The van der Waals surface area contributed by atoms with E-state index in [4.69, 9.17) is 5.73 Å². The molecule has 0 aliphatic rings. The highest BCUT2D eigenvalue weighted by Crippen LogP contribution is 2.26. The molecule has 2 aromatic rings. The summed E-state index contributed by atoms with van der Waals surface area (Å²) in [6.45, 7) is 7.74. The number of benzene rings is 1. The predicted octanol–water partition coefficient (Wildman–Crippen LogP) is 2.43. The average Bonchev–Trinajstić information content (AvgIpc) is 2.62. The van der Waals surface area contributed by atoms with E-state index in [1.807, 2.05) is 10.9 Å². The highest BCUT2D eigenvalue weighted by Gasteiger charge is 2.10. The maximum atomic E-state index is 5.57. The third-order valence-electron chi connectivity index (χ3n) is 3.12. The lowest BCUT2D eigenvalue weighted by atomic mass is 9.99. The lowest BCUT2D eigenvalue weighted by Gasteiger charge is -2.07. The van der Waals surface area contributed by atoms with Crippen molar-refractivity contribution >= 4 is 0 Å². The lowest BCUT2D eigenvalue weighted by molar-refractivity contribution is 0.608. The molecule has 90 valence electrons. The molecule has 1 aromatic heterocycles. The molecule has 0 fully saturated rings. The molecule has 0 radical (unpaired) electrons. The van der Waals surface area contributed by atoms with Gasteiger partial charge in [0.15, 0.2) is 0 Å². The number of nitrogens with two attached hydrogens (primary N) is 1. The van der Waals surface area contributed by atoms with Crippen molar-refractivity contribution in [1.29, 1.82) is 0 Å². The quantitative estimate of drug-likeness (QED) is 0.878. The number of nitrogens with zero attached hydrogens (tertiary/aromatic N) is 2. The lowest BCUT2D eigenvalue weighted by Crippen LogP contribution is -2.12. The average molecular weight is 229 g/mol. The minimum Gasteiger partial charge on any atom is -0.329 e. The van der Waals surface area contributed by atoms with Crippen molar-refractivity contribution in [1.82, 2.24) is 9.78 Å². The van der Waals surface area contributed by atoms with Crippen LogP contribution in [0.4, 0.5) is 0 Å². The summed E-state index contributed by atoms with van der Waals surface area (Å²) in [6, 6.07) is 6.51. The molecule has 0 atom stereocenters. The molecule has 3 nitrogen and oxygen atoms in total. The van der Waals surface area contributed by atoms with Gasteiger partial charge in [-0.05, 0) is 31.9 Å². The van der Waals surface area contributed by atoms with Crippen LogP contribution in [-0.2, 0) is 6.54 Å². The molecule has 0 aliphatic heterocycles. The third-order valence-corrected chi connectivity index (χ3v) is 3.12. The first-order chi connectivity index (χ1) is 8.13. The van der Waals surface area contributed by atoms with Gasteiger partial charge in [-0.2, -0.15) is 5.10 Å². The first-order valence-corrected chi connectivity index (χ1v) is 5.93. The van der Waals surface area contributed by atoms with E-state index in [0.29, 0.717) is 6.54 Å². The molecule has 2 N–H and O–H groups in total. The van der Waals surface area contributed by atoms with Crippen molar-refractivity contribution in [2.24, 2.45) is 5.73 Å². The van der Waals surface area contributed by atoms with Gasteiger partial charge in [0.1, 0.15) is 0 Å². The van der Waals surface area contributed by atoms with Crippen molar-refractivity contribution in [2.75, 3.05) is 6.54 Å². The number of hydrogen-bond donors (Lipinski definition) is 1. The van der Waals surface area contributed by atoms with Gasteiger partial charge in [-0.25, -0.2) is 0 Å². The Kier molecular flexibility index (Phi) is 3.29. The van der Waals surface area contributed by atoms with Crippen LogP contribution in [0.2, 0.25) is 0 Å². The minimum atomic E-state index is 0.620. The minimum absolute atomic E-state index is 0.620. The Balaban J connectivity index is 2.46. The molecule has 0 bridgehead atoms. The van der Waals surface area contributed by atoms with Crippen LogP contribution in [0, 0.1) is 20.8 Å². The number of hydrogen-bond acceptors (Lipinski definition) is 2. The van der Waals surface area contributed by atoms with Gasteiger partial charge in [0.25, 0.3) is 0 Å². The predicted molar refractivity (Wildman–Crippen MR) is 70.9 cm³/mol. The Morgan fingerprint density at radius 2 is 1.94 bits per heavy atom. The van der Waals surface area contributed by atoms with Crippen LogP contribution in [-0.4, -0.2) is 16.3 Å². The van der Waals surface area contributed by atoms with E-state index >= 15 is 0 Å². The van der Waals surface area contributed by atoms with Crippen LogP contribution >= 0.6 is 0 Å². The van der Waals surface area contributed by atoms with Crippen LogP contribution in [0.1, 0.15) is 16.8 Å². The van der Waals surface area contributed by atoms with Crippen LogP contribution in [0.15, 0.2) is 24.4 Å². The van der Waals surface area contributed by atoms with Gasteiger partial charge in [-0.15, -0.1) is 0 Å². The fourth-order valence-electron chi connectivity index (χ4n) is 2.17. The van der Waals surface area contributed by atoms with E-state index < -0.39 is 0 Å². The van der Waals surface area contributed by atoms with E-state index in [9.17, 15) is 0 Å². The van der Waals surface area contributed by atoms with E-state index in [2.05, 4.69) is 44.1 Å². The Bertz CT molecular complexity index is 526. The first-order valence-electron chi connectivity index (χ1n) is 5.93. The fourth-order valence-corrected chi connectivity index (χ4v) is 2.17. The molecule has 17 heavy (non-hydrogen) atoms. The third kappa shape index (κ3) is 2.24. The molecule has 0 unspecified atom stereocenters. The monoisotopic (exact) mass is 229 g/mol. The number of rotatable bonds is 3. The highest BCUT2D eigenvalue weighted by molar-refractivity contribution is 5.69. The fraction of sp³-hybridized carbons (Fsp3) is 0.357. The molecule has 0 aliphatic carbocycles. The summed E-state index contributed by atoms with van der Waals surface area (Å²) in [7, 11) is 0. The first kappa shape index (κ1) is 11.9. The molecule has 1 heterocycles. The van der Waals surface area contributed by atoms with Crippen molar-refractivity contribution < 1.29 is 0 Å². The SMILES string of the molecule is Cc1ccc(-c2cnn(CCN)c2C)c(C)c1. The van der Waals surface area contributed by atoms with Gasteiger partial charge in [0.05, 0.1) is 12.7 Å². The van der Waals surface area contributed by atoms with E-state index in [0.717, 1.165) is 6.54 Å². The Morgan fingerprint density at radius 3 is 2.59 bits per heavy atom. The molecule has 0 amide bonds. The molecule has 0 saturated heterocycles. The van der Waals surface area contributed by atoms with Crippen LogP contribution in [0.3, 0.4) is 0 Å². The summed E-state index contributed by atoms with van der Waals surface area (Å²) in [4.78, 5) is 0. The van der Waals surface area contributed by atoms with Crippen molar-refractivity contribution in [3.05, 3.63) is 41.2 Å². The van der Waals surface area contributed by atoms with Gasteiger partial charge >= 0.3 is 0 Å². The standard InChI is InChI=1S/C14H19N3/c1-10-4-5-13(11(2)8-10)14-9-16-17(7-6-15)12(14)3/h4-5,8-9H,6-7,15H2,1-3H3. The molecular formula is C14H19N3. The zero-order valence-corrected chi connectivity index (χ0v) is 10.7. The van der Waals surface area contributed by atoms with Crippen LogP contribution in [0.25, 0.3) is 11.1 Å².